The fourth-order valence-corrected chi connectivity index (χ4v) is 3.98. The first-order chi connectivity index (χ1) is 13.1. The molecule has 5 nitrogen and oxygen atoms in total. The molecule has 0 unspecified atom stereocenters. The molecule has 1 heterocycles. The van der Waals surface area contributed by atoms with Gasteiger partial charge in [-0.1, -0.05) is 51.2 Å². The minimum atomic E-state index is -0.238. The lowest BCUT2D eigenvalue weighted by atomic mass is 10.1. The highest BCUT2D eigenvalue weighted by Crippen LogP contribution is 2.36. The van der Waals surface area contributed by atoms with Crippen LogP contribution in [0.3, 0.4) is 0 Å². The van der Waals surface area contributed by atoms with E-state index in [-0.39, 0.29) is 18.4 Å². The summed E-state index contributed by atoms with van der Waals surface area (Å²) in [6, 6.07) is 7.16. The third kappa shape index (κ3) is 5.59. The maximum Gasteiger partial charge on any atom is 0.267 e. The smallest absolute Gasteiger partial charge is 0.267 e. The van der Waals surface area contributed by atoms with Gasteiger partial charge >= 0.3 is 0 Å². The van der Waals surface area contributed by atoms with Crippen LogP contribution < -0.4 is 4.74 Å². The number of imide groups is 1. The van der Waals surface area contributed by atoms with E-state index in [4.69, 9.17) is 9.84 Å². The van der Waals surface area contributed by atoms with Crippen molar-refractivity contribution in [3.8, 4) is 5.75 Å². The van der Waals surface area contributed by atoms with Gasteiger partial charge in [0.1, 0.15) is 5.75 Å². The van der Waals surface area contributed by atoms with Gasteiger partial charge in [-0.25, -0.2) is 0 Å². The number of aliphatic hydroxyl groups is 1. The van der Waals surface area contributed by atoms with Crippen molar-refractivity contribution >= 4 is 29.1 Å². The summed E-state index contributed by atoms with van der Waals surface area (Å²) in [6.07, 6.45) is 6.61. The SMILES string of the molecule is CCCCCCCCN1C(=O)C(SCCO)=C(c2ccc(OC)cc2)C1=O. The molecule has 6 heteroatoms. The quantitative estimate of drug-likeness (QED) is 0.433. The fraction of sp³-hybridized carbons (Fsp3) is 0.524. The maximum absolute atomic E-state index is 13.0. The number of nitrogens with zero attached hydrogens (tertiary/aromatic N) is 1. The molecule has 1 aromatic rings. The van der Waals surface area contributed by atoms with E-state index in [2.05, 4.69) is 6.92 Å². The van der Waals surface area contributed by atoms with Gasteiger partial charge in [0.25, 0.3) is 11.8 Å². The zero-order valence-corrected chi connectivity index (χ0v) is 17.0. The number of aliphatic hydroxyl groups excluding tert-OH is 1. The Morgan fingerprint density at radius 3 is 2.30 bits per heavy atom. The van der Waals surface area contributed by atoms with E-state index in [0.29, 0.717) is 34.1 Å². The summed E-state index contributed by atoms with van der Waals surface area (Å²) in [7, 11) is 1.59. The van der Waals surface area contributed by atoms with E-state index in [1.165, 1.54) is 35.9 Å². The lowest BCUT2D eigenvalue weighted by Gasteiger charge is -2.15. The van der Waals surface area contributed by atoms with Crippen molar-refractivity contribution < 1.29 is 19.4 Å². The molecule has 1 aliphatic rings. The number of unbranched alkanes of at least 4 members (excludes halogenated alkanes) is 5. The van der Waals surface area contributed by atoms with Crippen molar-refractivity contribution in [2.45, 2.75) is 45.4 Å². The average Bonchev–Trinajstić information content (AvgIpc) is 2.92. The summed E-state index contributed by atoms with van der Waals surface area (Å²) in [6.45, 7) is 2.59. The van der Waals surface area contributed by atoms with Gasteiger partial charge in [-0.2, -0.15) is 0 Å². The first-order valence-electron chi connectivity index (χ1n) is 9.62. The standard InChI is InChI=1S/C21H29NO4S/c1-3-4-5-6-7-8-13-22-20(24)18(19(21(22)25)27-15-14-23)16-9-11-17(26-2)12-10-16/h9-12,23H,3-8,13-15H2,1-2H3. The van der Waals surface area contributed by atoms with Gasteiger partial charge in [-0.15, -0.1) is 11.8 Å². The average molecular weight is 392 g/mol. The highest BCUT2D eigenvalue weighted by atomic mass is 32.2. The molecule has 1 aromatic carbocycles. The van der Waals surface area contributed by atoms with E-state index in [1.807, 2.05) is 0 Å². The van der Waals surface area contributed by atoms with Crippen LogP contribution >= 0.6 is 11.8 Å². The number of carbonyl (C=O) groups excluding carboxylic acids is 2. The molecule has 27 heavy (non-hydrogen) atoms. The van der Waals surface area contributed by atoms with Crippen molar-refractivity contribution in [3.05, 3.63) is 34.7 Å². The number of carbonyl (C=O) groups is 2. The molecule has 0 bridgehead atoms. The van der Waals surface area contributed by atoms with E-state index in [9.17, 15) is 9.59 Å². The number of amides is 2. The Morgan fingerprint density at radius 1 is 1.00 bits per heavy atom. The molecule has 0 fully saturated rings. The molecule has 2 amide bonds. The Labute approximate surface area is 165 Å². The van der Waals surface area contributed by atoms with Crippen LogP contribution in [-0.4, -0.2) is 47.8 Å². The molecule has 1 N–H and O–H groups in total. The Balaban J connectivity index is 2.11. The summed E-state index contributed by atoms with van der Waals surface area (Å²) >= 11 is 1.25. The summed E-state index contributed by atoms with van der Waals surface area (Å²) in [4.78, 5) is 27.6. The number of hydrogen-bond acceptors (Lipinski definition) is 5. The van der Waals surface area contributed by atoms with Crippen molar-refractivity contribution in [2.24, 2.45) is 0 Å². The minimum absolute atomic E-state index is 0.0387. The maximum atomic E-state index is 13.0. The Kier molecular flexibility index (Phi) is 8.88. The lowest BCUT2D eigenvalue weighted by molar-refractivity contribution is -0.136. The Morgan fingerprint density at radius 2 is 1.67 bits per heavy atom. The Bertz CT molecular complexity index is 669. The number of methoxy groups -OCH3 is 1. The first-order valence-corrected chi connectivity index (χ1v) is 10.6. The molecule has 0 aromatic heterocycles. The third-order valence-electron chi connectivity index (χ3n) is 4.58. The molecule has 0 atom stereocenters. The normalized spacial score (nSPS) is 14.4. The summed E-state index contributed by atoms with van der Waals surface area (Å²) in [5, 5.41) is 9.14. The van der Waals surface area contributed by atoms with Crippen molar-refractivity contribution in [2.75, 3.05) is 26.0 Å². The third-order valence-corrected chi connectivity index (χ3v) is 5.63. The van der Waals surface area contributed by atoms with E-state index in [1.54, 1.807) is 31.4 Å². The first kappa shape index (κ1) is 21.5. The second-order valence-corrected chi connectivity index (χ2v) is 7.64. The highest BCUT2D eigenvalue weighted by molar-refractivity contribution is 8.04. The molecule has 148 valence electrons. The van der Waals surface area contributed by atoms with Gasteiger partial charge in [0.2, 0.25) is 0 Å². The monoisotopic (exact) mass is 391 g/mol. The predicted octanol–water partition coefficient (Wildman–Crippen LogP) is 3.86. The molecule has 0 saturated heterocycles. The largest absolute Gasteiger partial charge is 0.497 e. The van der Waals surface area contributed by atoms with Crippen LogP contribution in [0.2, 0.25) is 0 Å². The zero-order valence-electron chi connectivity index (χ0n) is 16.2. The lowest BCUT2D eigenvalue weighted by Crippen LogP contribution is -2.32. The predicted molar refractivity (Wildman–Crippen MR) is 110 cm³/mol. The van der Waals surface area contributed by atoms with Crippen LogP contribution in [0.1, 0.15) is 51.0 Å². The number of benzene rings is 1. The number of rotatable bonds is 12. The molecular weight excluding hydrogens is 362 g/mol. The van der Waals surface area contributed by atoms with Crippen LogP contribution in [0, 0.1) is 0 Å². The van der Waals surface area contributed by atoms with E-state index < -0.39 is 0 Å². The molecule has 1 aliphatic heterocycles. The number of hydrogen-bond donors (Lipinski definition) is 1. The van der Waals surface area contributed by atoms with E-state index in [0.717, 1.165) is 19.3 Å². The van der Waals surface area contributed by atoms with Gasteiger partial charge in [-0.3, -0.25) is 14.5 Å². The van der Waals surface area contributed by atoms with Gasteiger partial charge in [0, 0.05) is 12.3 Å². The second kappa shape index (κ2) is 11.1. The van der Waals surface area contributed by atoms with Crippen molar-refractivity contribution in [1.82, 2.24) is 4.90 Å². The van der Waals surface area contributed by atoms with Crippen LogP contribution in [0.4, 0.5) is 0 Å². The molecule has 0 aliphatic carbocycles. The second-order valence-electron chi connectivity index (χ2n) is 6.53. The van der Waals surface area contributed by atoms with Crippen LogP contribution in [0.5, 0.6) is 5.75 Å². The number of ether oxygens (including phenoxy) is 1. The minimum Gasteiger partial charge on any atom is -0.497 e. The highest BCUT2D eigenvalue weighted by Gasteiger charge is 2.38. The topological polar surface area (TPSA) is 66.8 Å². The molecule has 2 rings (SSSR count). The summed E-state index contributed by atoms with van der Waals surface area (Å²) < 4.78 is 5.17. The molecule has 0 spiro atoms. The van der Waals surface area contributed by atoms with E-state index >= 15 is 0 Å². The van der Waals surface area contributed by atoms with Crippen LogP contribution in [0.15, 0.2) is 29.2 Å². The fourth-order valence-electron chi connectivity index (χ4n) is 3.10. The van der Waals surface area contributed by atoms with Crippen LogP contribution in [-0.2, 0) is 9.59 Å². The molecule has 0 radical (unpaired) electrons. The Hall–Kier alpha value is -1.79. The summed E-state index contributed by atoms with van der Waals surface area (Å²) in [5.41, 5.74) is 1.15. The van der Waals surface area contributed by atoms with Crippen molar-refractivity contribution in [3.63, 3.8) is 0 Å². The van der Waals surface area contributed by atoms with Gasteiger partial charge in [-0.05, 0) is 24.1 Å². The number of thioether (sulfide) groups is 1. The summed E-state index contributed by atoms with van der Waals surface area (Å²) in [5.74, 6) is 0.611. The van der Waals surface area contributed by atoms with Gasteiger partial charge in [0.15, 0.2) is 0 Å². The zero-order chi connectivity index (χ0) is 19.6. The molecule has 0 saturated carbocycles. The van der Waals surface area contributed by atoms with Gasteiger partial charge < -0.3 is 9.84 Å². The van der Waals surface area contributed by atoms with Crippen LogP contribution in [0.25, 0.3) is 5.57 Å². The molecular formula is C21H29NO4S. The van der Waals surface area contributed by atoms with Gasteiger partial charge in [0.05, 0.1) is 24.2 Å². The van der Waals surface area contributed by atoms with Crippen molar-refractivity contribution in [1.29, 1.82) is 0 Å².